The molecule has 90 valence electrons. The third-order valence-corrected chi connectivity index (χ3v) is 3.34. The number of nitrogen functional groups attached to an aromatic ring is 1. The van der Waals surface area contributed by atoms with Crippen molar-refractivity contribution in [3.63, 3.8) is 0 Å². The van der Waals surface area contributed by atoms with Crippen LogP contribution in [-0.2, 0) is 6.54 Å². The molecule has 1 aromatic carbocycles. The molecular formula is C13H17N3S. The number of hydrogen-bond acceptors (Lipinski definition) is 4. The predicted molar refractivity (Wildman–Crippen MR) is 74.3 cm³/mol. The number of aromatic nitrogens is 1. The first-order valence-electron chi connectivity index (χ1n) is 5.79. The average molecular weight is 247 g/mol. The molecule has 17 heavy (non-hydrogen) atoms. The van der Waals surface area contributed by atoms with Crippen LogP contribution in [0.2, 0.25) is 0 Å². The zero-order chi connectivity index (χ0) is 12.1. The van der Waals surface area contributed by atoms with Gasteiger partial charge >= 0.3 is 0 Å². The van der Waals surface area contributed by atoms with Crippen LogP contribution in [0, 0.1) is 0 Å². The van der Waals surface area contributed by atoms with Gasteiger partial charge in [0.25, 0.3) is 0 Å². The third kappa shape index (κ3) is 2.97. The van der Waals surface area contributed by atoms with E-state index in [4.69, 9.17) is 5.73 Å². The van der Waals surface area contributed by atoms with Gasteiger partial charge in [-0.15, -0.1) is 11.3 Å². The average Bonchev–Trinajstić information content (AvgIpc) is 2.82. The van der Waals surface area contributed by atoms with Crippen molar-refractivity contribution >= 4 is 22.7 Å². The highest BCUT2D eigenvalue weighted by molar-refractivity contribution is 7.09. The van der Waals surface area contributed by atoms with E-state index >= 15 is 0 Å². The second-order valence-corrected chi connectivity index (χ2v) is 4.89. The Labute approximate surface area is 106 Å². The summed E-state index contributed by atoms with van der Waals surface area (Å²) < 4.78 is 0. The van der Waals surface area contributed by atoms with Crippen molar-refractivity contribution in [2.24, 2.45) is 0 Å². The second-order valence-electron chi connectivity index (χ2n) is 3.91. The number of benzene rings is 1. The van der Waals surface area contributed by atoms with E-state index in [1.54, 1.807) is 11.3 Å². The van der Waals surface area contributed by atoms with Gasteiger partial charge in [-0.2, -0.15) is 0 Å². The molecule has 3 nitrogen and oxygen atoms in total. The summed E-state index contributed by atoms with van der Waals surface area (Å²) in [5.41, 5.74) is 7.95. The Morgan fingerprint density at radius 3 is 2.82 bits per heavy atom. The van der Waals surface area contributed by atoms with Crippen LogP contribution in [0.1, 0.15) is 18.4 Å². The summed E-state index contributed by atoms with van der Waals surface area (Å²) in [7, 11) is 0. The minimum Gasteiger partial charge on any atom is -0.397 e. The first kappa shape index (κ1) is 11.9. The molecule has 0 fully saturated rings. The van der Waals surface area contributed by atoms with Crippen molar-refractivity contribution in [3.05, 3.63) is 40.8 Å². The van der Waals surface area contributed by atoms with E-state index in [2.05, 4.69) is 22.9 Å². The summed E-state index contributed by atoms with van der Waals surface area (Å²) >= 11 is 1.68. The molecule has 1 aromatic heterocycles. The maximum absolute atomic E-state index is 6.02. The highest BCUT2D eigenvalue weighted by Crippen LogP contribution is 2.24. The van der Waals surface area contributed by atoms with Gasteiger partial charge in [0.1, 0.15) is 5.01 Å². The molecule has 2 N–H and O–H groups in total. The molecule has 0 bridgehead atoms. The molecule has 0 aliphatic rings. The summed E-state index contributed by atoms with van der Waals surface area (Å²) in [6.07, 6.45) is 2.94. The van der Waals surface area contributed by atoms with E-state index < -0.39 is 0 Å². The molecule has 0 unspecified atom stereocenters. The third-order valence-electron chi connectivity index (χ3n) is 2.58. The molecule has 4 heteroatoms. The molecule has 2 aromatic rings. The number of thiazole rings is 1. The van der Waals surface area contributed by atoms with Gasteiger partial charge in [0.15, 0.2) is 0 Å². The van der Waals surface area contributed by atoms with Gasteiger partial charge in [-0.3, -0.25) is 0 Å². The lowest BCUT2D eigenvalue weighted by Crippen LogP contribution is -2.24. The van der Waals surface area contributed by atoms with Crippen LogP contribution in [0.3, 0.4) is 0 Å². The first-order valence-corrected chi connectivity index (χ1v) is 6.67. The zero-order valence-electron chi connectivity index (χ0n) is 9.97. The molecule has 0 aliphatic heterocycles. The Morgan fingerprint density at radius 2 is 2.18 bits per heavy atom. The Kier molecular flexibility index (Phi) is 3.98. The van der Waals surface area contributed by atoms with Gasteiger partial charge in [0.05, 0.1) is 17.9 Å². The number of nitrogens with zero attached hydrogens (tertiary/aromatic N) is 2. The number of para-hydroxylation sites is 2. The zero-order valence-corrected chi connectivity index (χ0v) is 10.8. The largest absolute Gasteiger partial charge is 0.397 e. The standard InChI is InChI=1S/C13H17N3S/c1-2-8-16(10-13-15-7-9-17-13)12-6-4-3-5-11(12)14/h3-7,9H,2,8,10,14H2,1H3. The fourth-order valence-electron chi connectivity index (χ4n) is 1.82. The quantitative estimate of drug-likeness (QED) is 0.825. The van der Waals surface area contributed by atoms with Crippen molar-refractivity contribution in [2.45, 2.75) is 19.9 Å². The van der Waals surface area contributed by atoms with Crippen molar-refractivity contribution in [1.82, 2.24) is 4.98 Å². The van der Waals surface area contributed by atoms with Crippen molar-refractivity contribution in [2.75, 3.05) is 17.2 Å². The molecule has 2 rings (SSSR count). The lowest BCUT2D eigenvalue weighted by molar-refractivity contribution is 0.765. The molecule has 0 amide bonds. The van der Waals surface area contributed by atoms with Crippen LogP contribution >= 0.6 is 11.3 Å². The van der Waals surface area contributed by atoms with E-state index in [9.17, 15) is 0 Å². The number of anilines is 2. The lowest BCUT2D eigenvalue weighted by atomic mass is 10.2. The fraction of sp³-hybridized carbons (Fsp3) is 0.308. The van der Waals surface area contributed by atoms with Gasteiger partial charge in [0, 0.05) is 18.1 Å². The summed E-state index contributed by atoms with van der Waals surface area (Å²) in [6, 6.07) is 8.00. The number of rotatable bonds is 5. The van der Waals surface area contributed by atoms with E-state index in [0.29, 0.717) is 0 Å². The molecule has 0 saturated heterocycles. The summed E-state index contributed by atoms with van der Waals surface area (Å²) in [5.74, 6) is 0. The molecule has 0 atom stereocenters. The molecule has 0 aliphatic carbocycles. The van der Waals surface area contributed by atoms with Crippen LogP contribution in [0.4, 0.5) is 11.4 Å². The summed E-state index contributed by atoms with van der Waals surface area (Å²) in [5, 5.41) is 3.13. The number of hydrogen-bond donors (Lipinski definition) is 1. The van der Waals surface area contributed by atoms with Crippen LogP contribution in [0.25, 0.3) is 0 Å². The van der Waals surface area contributed by atoms with Crippen LogP contribution in [0.15, 0.2) is 35.8 Å². The molecule has 0 spiro atoms. The Balaban J connectivity index is 2.20. The van der Waals surface area contributed by atoms with Crippen LogP contribution in [-0.4, -0.2) is 11.5 Å². The van der Waals surface area contributed by atoms with Crippen LogP contribution in [0.5, 0.6) is 0 Å². The minimum atomic E-state index is 0.831. The highest BCUT2D eigenvalue weighted by Gasteiger charge is 2.10. The van der Waals surface area contributed by atoms with Gasteiger partial charge in [-0.1, -0.05) is 19.1 Å². The summed E-state index contributed by atoms with van der Waals surface area (Å²) in [4.78, 5) is 6.62. The van der Waals surface area contributed by atoms with Crippen molar-refractivity contribution < 1.29 is 0 Å². The van der Waals surface area contributed by atoms with Crippen molar-refractivity contribution in [3.8, 4) is 0 Å². The van der Waals surface area contributed by atoms with Gasteiger partial charge < -0.3 is 10.6 Å². The topological polar surface area (TPSA) is 42.2 Å². The lowest BCUT2D eigenvalue weighted by Gasteiger charge is -2.24. The molecule has 1 heterocycles. The fourth-order valence-corrected chi connectivity index (χ4v) is 2.46. The second kappa shape index (κ2) is 5.68. The van der Waals surface area contributed by atoms with Crippen molar-refractivity contribution in [1.29, 1.82) is 0 Å². The normalized spacial score (nSPS) is 10.4. The van der Waals surface area contributed by atoms with Gasteiger partial charge in [-0.05, 0) is 18.6 Å². The smallest absolute Gasteiger partial charge is 0.112 e. The SMILES string of the molecule is CCCN(Cc1nccs1)c1ccccc1N. The Hall–Kier alpha value is -1.55. The maximum atomic E-state index is 6.02. The maximum Gasteiger partial charge on any atom is 0.112 e. The summed E-state index contributed by atoms with van der Waals surface area (Å²) in [6.45, 7) is 4.00. The van der Waals surface area contributed by atoms with E-state index in [-0.39, 0.29) is 0 Å². The highest BCUT2D eigenvalue weighted by atomic mass is 32.1. The minimum absolute atomic E-state index is 0.831. The van der Waals surface area contributed by atoms with Crippen LogP contribution < -0.4 is 10.6 Å². The van der Waals surface area contributed by atoms with Gasteiger partial charge in [0.2, 0.25) is 0 Å². The van der Waals surface area contributed by atoms with E-state index in [0.717, 1.165) is 35.9 Å². The van der Waals surface area contributed by atoms with E-state index in [1.807, 2.05) is 29.8 Å². The molecule has 0 radical (unpaired) electrons. The van der Waals surface area contributed by atoms with Gasteiger partial charge in [-0.25, -0.2) is 4.98 Å². The monoisotopic (exact) mass is 247 g/mol. The Bertz CT molecular complexity index is 453. The Morgan fingerprint density at radius 1 is 1.35 bits per heavy atom. The predicted octanol–water partition coefficient (Wildman–Crippen LogP) is 3.14. The number of nitrogens with two attached hydrogens (primary N) is 1. The molecule has 0 saturated carbocycles. The molecular weight excluding hydrogens is 230 g/mol. The van der Waals surface area contributed by atoms with E-state index in [1.165, 1.54) is 0 Å². The first-order chi connectivity index (χ1) is 8.31.